The lowest BCUT2D eigenvalue weighted by molar-refractivity contribution is 0.134. The van der Waals surface area contributed by atoms with Crippen molar-refractivity contribution in [3.63, 3.8) is 0 Å². The number of hydrogen-bond donors (Lipinski definition) is 2. The van der Waals surface area contributed by atoms with E-state index in [0.717, 1.165) is 64.6 Å². The van der Waals surface area contributed by atoms with Crippen molar-refractivity contribution in [3.05, 3.63) is 35.9 Å². The van der Waals surface area contributed by atoms with Crippen molar-refractivity contribution >= 4 is 29.9 Å². The summed E-state index contributed by atoms with van der Waals surface area (Å²) in [6, 6.07) is 11.6. The van der Waals surface area contributed by atoms with Gasteiger partial charge in [-0.1, -0.05) is 37.3 Å². The molecule has 1 aromatic rings. The van der Waals surface area contributed by atoms with Gasteiger partial charge in [0.1, 0.15) is 0 Å². The van der Waals surface area contributed by atoms with Crippen LogP contribution < -0.4 is 10.6 Å². The molecule has 1 fully saturated rings. The first kappa shape index (κ1) is 26.2. The van der Waals surface area contributed by atoms with Crippen LogP contribution in [-0.4, -0.2) is 62.3 Å². The van der Waals surface area contributed by atoms with Gasteiger partial charge >= 0.3 is 0 Å². The maximum atomic E-state index is 5.76. The highest BCUT2D eigenvalue weighted by molar-refractivity contribution is 14.0. The maximum Gasteiger partial charge on any atom is 0.191 e. The van der Waals surface area contributed by atoms with E-state index in [-0.39, 0.29) is 24.0 Å². The molecule has 1 aliphatic rings. The van der Waals surface area contributed by atoms with Crippen LogP contribution >= 0.6 is 24.0 Å². The topological polar surface area (TPSA) is 48.9 Å². The predicted molar refractivity (Wildman–Crippen MR) is 134 cm³/mol. The van der Waals surface area contributed by atoms with Crippen molar-refractivity contribution in [2.45, 2.75) is 59.0 Å². The van der Waals surface area contributed by atoms with Crippen LogP contribution in [0.4, 0.5) is 0 Å². The smallest absolute Gasteiger partial charge is 0.191 e. The summed E-state index contributed by atoms with van der Waals surface area (Å²) in [4.78, 5) is 7.31. The normalized spacial score (nSPS) is 20.0. The number of nitrogens with zero attached hydrogens (tertiary/aromatic N) is 2. The molecule has 1 saturated heterocycles. The molecule has 0 aromatic heterocycles. The number of likely N-dealkylation sites (tertiary alicyclic amines) is 1. The average Bonchev–Trinajstić information content (AvgIpc) is 3.05. The van der Waals surface area contributed by atoms with E-state index in [9.17, 15) is 0 Å². The average molecular weight is 517 g/mol. The lowest BCUT2D eigenvalue weighted by Gasteiger charge is -2.21. The summed E-state index contributed by atoms with van der Waals surface area (Å²) in [5.74, 6) is 1.60. The maximum absolute atomic E-state index is 5.76. The first-order chi connectivity index (χ1) is 13.6. The van der Waals surface area contributed by atoms with E-state index in [2.05, 4.69) is 73.6 Å². The molecule has 29 heavy (non-hydrogen) atoms. The second-order valence-electron chi connectivity index (χ2n) is 8.09. The summed E-state index contributed by atoms with van der Waals surface area (Å²) in [6.07, 6.45) is 3.10. The molecule has 0 radical (unpaired) electrons. The minimum Gasteiger partial charge on any atom is -0.381 e. The molecule has 1 aliphatic heterocycles. The summed E-state index contributed by atoms with van der Waals surface area (Å²) >= 11 is 0. The Kier molecular flexibility index (Phi) is 13.6. The lowest BCUT2D eigenvalue weighted by atomic mass is 10.1. The van der Waals surface area contributed by atoms with E-state index in [1.165, 1.54) is 5.56 Å². The fourth-order valence-electron chi connectivity index (χ4n) is 3.55. The summed E-state index contributed by atoms with van der Waals surface area (Å²) in [7, 11) is 0. The third-order valence-electron chi connectivity index (χ3n) is 5.38. The molecule has 0 spiro atoms. The molecule has 0 aliphatic carbocycles. The Morgan fingerprint density at radius 2 is 1.93 bits per heavy atom. The van der Waals surface area contributed by atoms with Crippen LogP contribution in [0, 0.1) is 5.92 Å². The SMILES string of the molecule is CCNC(=NCCCCOCCc1ccccc1)NC1CN(C(C)C)CC1C.I. The zero-order chi connectivity index (χ0) is 20.2. The summed E-state index contributed by atoms with van der Waals surface area (Å²) in [5, 5.41) is 7.04. The van der Waals surface area contributed by atoms with Crippen molar-refractivity contribution in [1.29, 1.82) is 0 Å². The van der Waals surface area contributed by atoms with Crippen LogP contribution in [-0.2, 0) is 11.2 Å². The number of guanidine groups is 1. The van der Waals surface area contributed by atoms with Gasteiger partial charge in [0.25, 0.3) is 0 Å². The van der Waals surface area contributed by atoms with E-state index in [1.807, 2.05) is 0 Å². The van der Waals surface area contributed by atoms with E-state index in [1.54, 1.807) is 0 Å². The number of nitrogens with one attached hydrogen (secondary N) is 2. The Hall–Kier alpha value is -0.860. The van der Waals surface area contributed by atoms with Gasteiger partial charge in [0, 0.05) is 44.9 Å². The van der Waals surface area contributed by atoms with Gasteiger partial charge in [0.15, 0.2) is 5.96 Å². The van der Waals surface area contributed by atoms with E-state index in [4.69, 9.17) is 9.73 Å². The lowest BCUT2D eigenvalue weighted by Crippen LogP contribution is -2.46. The second-order valence-corrected chi connectivity index (χ2v) is 8.09. The molecule has 1 heterocycles. The first-order valence-electron chi connectivity index (χ1n) is 11.0. The Morgan fingerprint density at radius 3 is 2.59 bits per heavy atom. The van der Waals surface area contributed by atoms with Crippen LogP contribution in [0.3, 0.4) is 0 Å². The zero-order valence-corrected chi connectivity index (χ0v) is 21.0. The molecular formula is C23H41IN4O. The fraction of sp³-hybridized carbons (Fsp3) is 0.696. The molecule has 1 aromatic carbocycles. The fourth-order valence-corrected chi connectivity index (χ4v) is 3.55. The quantitative estimate of drug-likeness (QED) is 0.203. The predicted octanol–water partition coefficient (Wildman–Crippen LogP) is 3.93. The van der Waals surface area contributed by atoms with Crippen molar-refractivity contribution in [3.8, 4) is 0 Å². The van der Waals surface area contributed by atoms with Crippen molar-refractivity contribution in [2.24, 2.45) is 10.9 Å². The molecule has 0 saturated carbocycles. The van der Waals surface area contributed by atoms with Crippen LogP contribution in [0.2, 0.25) is 0 Å². The van der Waals surface area contributed by atoms with Crippen LogP contribution in [0.5, 0.6) is 0 Å². The molecule has 2 rings (SSSR count). The number of halogens is 1. The second kappa shape index (κ2) is 15.0. The Labute approximate surface area is 195 Å². The Balaban J connectivity index is 0.00000420. The van der Waals surface area contributed by atoms with Gasteiger partial charge in [-0.2, -0.15) is 0 Å². The Morgan fingerprint density at radius 1 is 1.17 bits per heavy atom. The highest BCUT2D eigenvalue weighted by Gasteiger charge is 2.31. The van der Waals surface area contributed by atoms with Gasteiger partial charge in [-0.05, 0) is 51.5 Å². The molecule has 0 bridgehead atoms. The van der Waals surface area contributed by atoms with E-state index in [0.29, 0.717) is 18.0 Å². The van der Waals surface area contributed by atoms with Gasteiger partial charge in [0.05, 0.1) is 6.61 Å². The van der Waals surface area contributed by atoms with E-state index >= 15 is 0 Å². The van der Waals surface area contributed by atoms with Gasteiger partial charge in [-0.3, -0.25) is 9.89 Å². The standard InChI is InChI=1S/C23H40N4O.HI/c1-5-24-23(26-22-18-27(19(2)3)17-20(22)4)25-14-9-10-15-28-16-13-21-11-7-6-8-12-21;/h6-8,11-12,19-20,22H,5,9-10,13-18H2,1-4H3,(H2,24,25,26);1H. The molecule has 6 heteroatoms. The Bertz CT molecular complexity index is 567. The number of hydrogen-bond acceptors (Lipinski definition) is 3. The highest BCUT2D eigenvalue weighted by atomic mass is 127. The molecule has 166 valence electrons. The summed E-state index contributed by atoms with van der Waals surface area (Å²) in [6.45, 7) is 14.6. The van der Waals surface area contributed by atoms with Gasteiger partial charge in [0.2, 0.25) is 0 Å². The molecule has 2 atom stereocenters. The number of aliphatic imine (C=N–C) groups is 1. The highest BCUT2D eigenvalue weighted by Crippen LogP contribution is 2.18. The number of ether oxygens (including phenoxy) is 1. The van der Waals surface area contributed by atoms with Gasteiger partial charge < -0.3 is 15.4 Å². The van der Waals surface area contributed by atoms with Crippen molar-refractivity contribution < 1.29 is 4.74 Å². The van der Waals surface area contributed by atoms with Crippen molar-refractivity contribution in [1.82, 2.24) is 15.5 Å². The zero-order valence-electron chi connectivity index (χ0n) is 18.7. The van der Waals surface area contributed by atoms with E-state index < -0.39 is 0 Å². The van der Waals surface area contributed by atoms with Gasteiger partial charge in [-0.25, -0.2) is 0 Å². The van der Waals surface area contributed by atoms with Crippen molar-refractivity contribution in [2.75, 3.05) is 39.4 Å². The van der Waals surface area contributed by atoms with Crippen LogP contribution in [0.15, 0.2) is 35.3 Å². The third-order valence-corrected chi connectivity index (χ3v) is 5.38. The monoisotopic (exact) mass is 516 g/mol. The van der Waals surface area contributed by atoms with Gasteiger partial charge in [-0.15, -0.1) is 24.0 Å². The molecule has 0 amide bonds. The number of unbranched alkanes of at least 4 members (excludes halogenated alkanes) is 1. The first-order valence-corrected chi connectivity index (χ1v) is 11.0. The molecular weight excluding hydrogens is 475 g/mol. The largest absolute Gasteiger partial charge is 0.381 e. The van der Waals surface area contributed by atoms with Crippen LogP contribution in [0.1, 0.15) is 46.1 Å². The summed E-state index contributed by atoms with van der Waals surface area (Å²) in [5.41, 5.74) is 1.34. The molecule has 2 unspecified atom stereocenters. The molecule has 2 N–H and O–H groups in total. The summed E-state index contributed by atoms with van der Waals surface area (Å²) < 4.78 is 5.76. The minimum atomic E-state index is 0. The van der Waals surface area contributed by atoms with Crippen LogP contribution in [0.25, 0.3) is 0 Å². The minimum absolute atomic E-state index is 0. The molecule has 5 nitrogen and oxygen atoms in total. The third kappa shape index (κ3) is 10.1. The number of rotatable bonds is 11. The number of benzene rings is 1.